The Kier molecular flexibility index (Phi) is 4.32. The number of ether oxygens (including phenoxy) is 1. The second-order valence-electron chi connectivity index (χ2n) is 7.32. The van der Waals surface area contributed by atoms with Gasteiger partial charge in [-0.2, -0.15) is 0 Å². The third-order valence-corrected chi connectivity index (χ3v) is 5.34. The Morgan fingerprint density at radius 3 is 2.58 bits per heavy atom. The fourth-order valence-electron chi connectivity index (χ4n) is 3.68. The number of nitrogens with one attached hydrogen (secondary N) is 1. The zero-order chi connectivity index (χ0) is 21.7. The molecular weight excluding hydrogens is 397 g/mol. The van der Waals surface area contributed by atoms with Crippen molar-refractivity contribution in [2.24, 2.45) is 0 Å². The van der Waals surface area contributed by atoms with Gasteiger partial charge in [0.05, 0.1) is 35.3 Å². The molecule has 0 fully saturated rings. The maximum Gasteiger partial charge on any atom is 0.258 e. The number of anilines is 1. The molecular formula is C24H18FN3O3. The lowest BCUT2D eigenvalue weighted by Crippen LogP contribution is -2.14. The number of nitrogens with zero attached hydrogens (tertiary/aromatic N) is 2. The largest absolute Gasteiger partial charge is 0.495 e. The third-order valence-electron chi connectivity index (χ3n) is 5.34. The third kappa shape index (κ3) is 3.15. The Morgan fingerprint density at radius 2 is 1.77 bits per heavy atom. The molecule has 0 aliphatic carbocycles. The highest BCUT2D eigenvalue weighted by Crippen LogP contribution is 2.36. The van der Waals surface area contributed by atoms with Crippen LogP contribution < -0.4 is 10.1 Å². The van der Waals surface area contributed by atoms with Crippen molar-refractivity contribution in [3.05, 3.63) is 71.3 Å². The molecule has 2 aromatic heterocycles. The van der Waals surface area contributed by atoms with Crippen molar-refractivity contribution in [3.8, 4) is 5.75 Å². The van der Waals surface area contributed by atoms with Crippen molar-refractivity contribution in [2.75, 3.05) is 12.4 Å². The van der Waals surface area contributed by atoms with E-state index in [0.717, 1.165) is 22.4 Å². The molecule has 0 aliphatic rings. The van der Waals surface area contributed by atoms with E-state index >= 15 is 0 Å². The Bertz CT molecular complexity index is 1510. The summed E-state index contributed by atoms with van der Waals surface area (Å²) in [4.78, 5) is 21.9. The lowest BCUT2D eigenvalue weighted by molar-refractivity contribution is 0.102. The summed E-state index contributed by atoms with van der Waals surface area (Å²) in [5, 5.41) is 4.63. The maximum atomic E-state index is 14.2. The highest BCUT2D eigenvalue weighted by atomic mass is 19.1. The van der Waals surface area contributed by atoms with Gasteiger partial charge >= 0.3 is 0 Å². The molecule has 5 rings (SSSR count). The van der Waals surface area contributed by atoms with Crippen LogP contribution in [0.1, 0.15) is 21.7 Å². The zero-order valence-electron chi connectivity index (χ0n) is 17.1. The number of carbonyl (C=O) groups excluding carboxylic acids is 1. The molecule has 1 N–H and O–H groups in total. The smallest absolute Gasteiger partial charge is 0.258 e. The fraction of sp³-hybridized carbons (Fsp3) is 0.125. The van der Waals surface area contributed by atoms with Gasteiger partial charge in [0.2, 0.25) is 0 Å². The number of benzene rings is 3. The minimum atomic E-state index is -0.560. The van der Waals surface area contributed by atoms with Crippen molar-refractivity contribution < 1.29 is 18.3 Å². The quantitative estimate of drug-likeness (QED) is 0.418. The van der Waals surface area contributed by atoms with Gasteiger partial charge in [0.15, 0.2) is 0 Å². The number of rotatable bonds is 3. The summed E-state index contributed by atoms with van der Waals surface area (Å²) in [7, 11) is 1.52. The maximum absolute atomic E-state index is 14.2. The van der Waals surface area contributed by atoms with Crippen molar-refractivity contribution in [3.63, 3.8) is 0 Å². The SMILES string of the molecule is COc1cc2c(cc1NC(=O)c1cc(F)cc3nc(C)c(C)nc13)oc1ccccc12. The highest BCUT2D eigenvalue weighted by molar-refractivity contribution is 6.13. The Hall–Kier alpha value is -4.00. The van der Waals surface area contributed by atoms with E-state index in [-0.39, 0.29) is 5.56 Å². The average molecular weight is 415 g/mol. The second kappa shape index (κ2) is 7.05. The van der Waals surface area contributed by atoms with E-state index in [2.05, 4.69) is 15.3 Å². The molecule has 154 valence electrons. The fourth-order valence-corrected chi connectivity index (χ4v) is 3.68. The van der Waals surface area contributed by atoms with Crippen molar-refractivity contribution in [2.45, 2.75) is 13.8 Å². The number of methoxy groups -OCH3 is 1. The number of aryl methyl sites for hydroxylation is 2. The Labute approximate surface area is 176 Å². The van der Waals surface area contributed by atoms with Gasteiger partial charge in [0.25, 0.3) is 5.91 Å². The van der Waals surface area contributed by atoms with Crippen LogP contribution in [0, 0.1) is 19.7 Å². The number of hydrogen-bond donors (Lipinski definition) is 1. The number of aromatic nitrogens is 2. The standard InChI is InChI=1S/C24H18FN3O3/c1-12-13(2)27-23-17(8-14(25)9-19(23)26-12)24(29)28-18-11-21-16(10-22(18)30-3)15-6-4-5-7-20(15)31-21/h4-11H,1-3H3,(H,28,29). The van der Waals surface area contributed by atoms with Gasteiger partial charge in [-0.25, -0.2) is 14.4 Å². The molecule has 0 bridgehead atoms. The summed E-state index contributed by atoms with van der Waals surface area (Å²) in [5.74, 6) is -0.614. The van der Waals surface area contributed by atoms with Gasteiger partial charge < -0.3 is 14.5 Å². The summed E-state index contributed by atoms with van der Waals surface area (Å²) < 4.78 is 25.6. The second-order valence-corrected chi connectivity index (χ2v) is 7.32. The molecule has 0 radical (unpaired) electrons. The number of amides is 1. The average Bonchev–Trinajstić information content (AvgIpc) is 3.11. The number of hydrogen-bond acceptors (Lipinski definition) is 5. The normalized spacial score (nSPS) is 11.4. The van der Waals surface area contributed by atoms with E-state index in [1.54, 1.807) is 19.9 Å². The molecule has 0 saturated heterocycles. The number of furan rings is 1. The van der Waals surface area contributed by atoms with Crippen molar-refractivity contribution in [1.29, 1.82) is 0 Å². The van der Waals surface area contributed by atoms with Crippen LogP contribution in [0.5, 0.6) is 5.75 Å². The van der Waals surface area contributed by atoms with Gasteiger partial charge in [-0.15, -0.1) is 0 Å². The van der Waals surface area contributed by atoms with Crippen LogP contribution in [-0.2, 0) is 0 Å². The predicted octanol–water partition coefficient (Wildman–Crippen LogP) is 5.55. The van der Waals surface area contributed by atoms with Crippen LogP contribution in [0.4, 0.5) is 10.1 Å². The lowest BCUT2D eigenvalue weighted by atomic mass is 10.1. The first kappa shape index (κ1) is 19.0. The van der Waals surface area contributed by atoms with Gasteiger partial charge in [-0.1, -0.05) is 18.2 Å². The molecule has 5 aromatic rings. The van der Waals surface area contributed by atoms with E-state index in [1.807, 2.05) is 30.3 Å². The summed E-state index contributed by atoms with van der Waals surface area (Å²) in [5.41, 5.74) is 3.87. The number of halogens is 1. The van der Waals surface area contributed by atoms with Gasteiger partial charge in [0.1, 0.15) is 28.2 Å². The molecule has 0 atom stereocenters. The van der Waals surface area contributed by atoms with Crippen LogP contribution in [-0.4, -0.2) is 23.0 Å². The Balaban J connectivity index is 1.62. The summed E-state index contributed by atoms with van der Waals surface area (Å²) in [6.45, 7) is 3.59. The molecule has 1 amide bonds. The van der Waals surface area contributed by atoms with Crippen LogP contribution >= 0.6 is 0 Å². The molecule has 7 heteroatoms. The zero-order valence-corrected chi connectivity index (χ0v) is 17.1. The summed E-state index contributed by atoms with van der Waals surface area (Å²) in [6, 6.07) is 13.6. The molecule has 0 spiro atoms. The van der Waals surface area contributed by atoms with Gasteiger partial charge in [-0.3, -0.25) is 4.79 Å². The predicted molar refractivity (Wildman–Crippen MR) is 117 cm³/mol. The molecule has 0 unspecified atom stereocenters. The summed E-state index contributed by atoms with van der Waals surface area (Å²) >= 11 is 0. The lowest BCUT2D eigenvalue weighted by Gasteiger charge is -2.12. The number of para-hydroxylation sites is 1. The van der Waals surface area contributed by atoms with E-state index < -0.39 is 11.7 Å². The van der Waals surface area contributed by atoms with Crippen molar-refractivity contribution >= 4 is 44.6 Å². The molecule has 31 heavy (non-hydrogen) atoms. The molecule has 3 aromatic carbocycles. The van der Waals surface area contributed by atoms with Crippen LogP contribution in [0.3, 0.4) is 0 Å². The minimum absolute atomic E-state index is 0.0948. The first-order chi connectivity index (χ1) is 14.9. The van der Waals surface area contributed by atoms with Crippen molar-refractivity contribution in [1.82, 2.24) is 9.97 Å². The van der Waals surface area contributed by atoms with Crippen LogP contribution in [0.2, 0.25) is 0 Å². The molecule has 0 saturated carbocycles. The highest BCUT2D eigenvalue weighted by Gasteiger charge is 2.19. The van der Waals surface area contributed by atoms with Crippen LogP contribution in [0.25, 0.3) is 33.0 Å². The molecule has 2 heterocycles. The number of carbonyl (C=O) groups is 1. The first-order valence-corrected chi connectivity index (χ1v) is 9.69. The van der Waals surface area contributed by atoms with E-state index in [9.17, 15) is 9.18 Å². The van der Waals surface area contributed by atoms with Crippen LogP contribution in [0.15, 0.2) is 52.9 Å². The van der Waals surface area contributed by atoms with E-state index in [0.29, 0.717) is 39.4 Å². The topological polar surface area (TPSA) is 77.2 Å². The number of fused-ring (bicyclic) bond motifs is 4. The minimum Gasteiger partial charge on any atom is -0.495 e. The monoisotopic (exact) mass is 415 g/mol. The summed E-state index contributed by atoms with van der Waals surface area (Å²) in [6.07, 6.45) is 0. The van der Waals surface area contributed by atoms with Gasteiger partial charge in [-0.05, 0) is 32.0 Å². The molecule has 0 aliphatic heterocycles. The first-order valence-electron chi connectivity index (χ1n) is 9.69. The van der Waals surface area contributed by atoms with Gasteiger partial charge in [0, 0.05) is 22.9 Å². The van der Waals surface area contributed by atoms with E-state index in [4.69, 9.17) is 9.15 Å². The molecule has 6 nitrogen and oxygen atoms in total. The Morgan fingerprint density at radius 1 is 1.00 bits per heavy atom. The van der Waals surface area contributed by atoms with E-state index in [1.165, 1.54) is 13.2 Å².